The van der Waals surface area contributed by atoms with Gasteiger partial charge in [0.2, 0.25) is 0 Å². The van der Waals surface area contributed by atoms with Gasteiger partial charge in [-0.2, -0.15) is 0 Å². The first-order valence-electron chi connectivity index (χ1n) is 9.35. The number of anilines is 1. The van der Waals surface area contributed by atoms with E-state index in [-0.39, 0.29) is 17.5 Å². The third-order valence-electron chi connectivity index (χ3n) is 4.83. The number of nitrogens with zero attached hydrogens (tertiary/aromatic N) is 1. The predicted molar refractivity (Wildman–Crippen MR) is 118 cm³/mol. The number of hydrogen-bond donors (Lipinski definition) is 1. The van der Waals surface area contributed by atoms with Crippen LogP contribution in [0.15, 0.2) is 66.1 Å². The van der Waals surface area contributed by atoms with Crippen molar-refractivity contribution in [3.8, 4) is 0 Å². The van der Waals surface area contributed by atoms with Gasteiger partial charge in [-0.25, -0.2) is 8.42 Å². The largest absolute Gasteiger partial charge is 0.349 e. The molecule has 0 radical (unpaired) electrons. The molecule has 5 nitrogen and oxygen atoms in total. The molecule has 1 aliphatic heterocycles. The summed E-state index contributed by atoms with van der Waals surface area (Å²) in [4.78, 5) is 12.9. The summed E-state index contributed by atoms with van der Waals surface area (Å²) in [6.07, 6.45) is 2.17. The average Bonchev–Trinajstić information content (AvgIpc) is 2.70. The summed E-state index contributed by atoms with van der Waals surface area (Å²) in [6.45, 7) is 7.47. The van der Waals surface area contributed by atoms with Gasteiger partial charge in [0.05, 0.1) is 12.2 Å². The molecule has 1 atom stereocenters. The Hall–Kier alpha value is -2.57. The van der Waals surface area contributed by atoms with Crippen LogP contribution in [0.3, 0.4) is 0 Å². The van der Waals surface area contributed by atoms with Crippen LogP contribution in [0.5, 0.6) is 0 Å². The molecule has 2 aromatic rings. The number of hydrogen-bond acceptors (Lipinski definition) is 3. The highest BCUT2D eigenvalue weighted by molar-refractivity contribution is 7.97. The molecule has 0 spiro atoms. The van der Waals surface area contributed by atoms with E-state index >= 15 is 0 Å². The lowest BCUT2D eigenvalue weighted by atomic mass is 9.95. The van der Waals surface area contributed by atoms with Crippen LogP contribution in [0.1, 0.15) is 31.4 Å². The van der Waals surface area contributed by atoms with E-state index in [4.69, 9.17) is 11.6 Å². The predicted octanol–water partition coefficient (Wildman–Crippen LogP) is 4.35. The maximum atomic E-state index is 13.6. The van der Waals surface area contributed by atoms with Crippen molar-refractivity contribution in [2.24, 2.45) is 0 Å². The topological polar surface area (TPSA) is 66.5 Å². The highest BCUT2D eigenvalue weighted by Gasteiger charge is 2.41. The Labute approximate surface area is 176 Å². The molecule has 29 heavy (non-hydrogen) atoms. The molecule has 0 fully saturated rings. The second-order valence-electron chi connectivity index (χ2n) is 6.84. The Balaban J connectivity index is 2.39. The summed E-state index contributed by atoms with van der Waals surface area (Å²) >= 11 is 6.25. The number of halogens is 1. The van der Waals surface area contributed by atoms with Crippen molar-refractivity contribution in [2.45, 2.75) is 26.3 Å². The fraction of sp³-hybridized carbons (Fsp3) is 0.227. The fourth-order valence-electron chi connectivity index (χ4n) is 3.24. The molecule has 0 saturated heterocycles. The minimum Gasteiger partial charge on any atom is -0.349 e. The van der Waals surface area contributed by atoms with Gasteiger partial charge in [0.15, 0.2) is 4.91 Å². The number of carbonyl (C=O) groups excluding carboxylic acids is 1. The maximum absolute atomic E-state index is 13.6. The number of rotatable bonds is 6. The van der Waals surface area contributed by atoms with Gasteiger partial charge < -0.3 is 5.32 Å². The molecule has 0 saturated carbocycles. The number of benzene rings is 2. The van der Waals surface area contributed by atoms with Gasteiger partial charge in [-0.05, 0) is 37.1 Å². The summed E-state index contributed by atoms with van der Waals surface area (Å²) in [6, 6.07) is 13.8. The first-order chi connectivity index (χ1) is 13.8. The van der Waals surface area contributed by atoms with Gasteiger partial charge in [0, 0.05) is 22.2 Å². The van der Waals surface area contributed by atoms with Gasteiger partial charge in [0.25, 0.3) is 15.9 Å². The Kier molecular flexibility index (Phi) is 6.15. The molecule has 1 N–H and O–H groups in total. The van der Waals surface area contributed by atoms with E-state index in [1.807, 2.05) is 19.9 Å². The Morgan fingerprint density at radius 1 is 1.24 bits per heavy atom. The molecule has 152 valence electrons. The molecular weight excluding hydrogens is 408 g/mol. The highest BCUT2D eigenvalue weighted by atomic mass is 35.5. The SMILES string of the molecule is C=CCN1c2ccc(Cl)cc2C(c2ccccc2)=C(C(=O)NC(C)CC)S1(=O)=O. The monoisotopic (exact) mass is 430 g/mol. The summed E-state index contributed by atoms with van der Waals surface area (Å²) in [5, 5.41) is 3.26. The van der Waals surface area contributed by atoms with E-state index in [2.05, 4.69) is 11.9 Å². The Morgan fingerprint density at radius 2 is 1.93 bits per heavy atom. The molecule has 1 amide bonds. The van der Waals surface area contributed by atoms with E-state index in [0.29, 0.717) is 33.8 Å². The van der Waals surface area contributed by atoms with Crippen LogP contribution in [-0.4, -0.2) is 26.9 Å². The molecule has 1 heterocycles. The minimum atomic E-state index is -4.12. The zero-order valence-corrected chi connectivity index (χ0v) is 17.9. The van der Waals surface area contributed by atoms with Crippen molar-refractivity contribution in [1.29, 1.82) is 0 Å². The number of carbonyl (C=O) groups is 1. The normalized spacial score (nSPS) is 16.2. The average molecular weight is 431 g/mol. The van der Waals surface area contributed by atoms with Gasteiger partial charge in [-0.15, -0.1) is 6.58 Å². The van der Waals surface area contributed by atoms with Crippen LogP contribution in [0, 0.1) is 0 Å². The van der Waals surface area contributed by atoms with E-state index in [1.165, 1.54) is 10.4 Å². The smallest absolute Gasteiger partial charge is 0.270 e. The van der Waals surface area contributed by atoms with Crippen LogP contribution in [0.25, 0.3) is 5.57 Å². The van der Waals surface area contributed by atoms with Crippen LogP contribution in [0.4, 0.5) is 5.69 Å². The second-order valence-corrected chi connectivity index (χ2v) is 9.07. The molecule has 1 aliphatic rings. The fourth-order valence-corrected chi connectivity index (χ4v) is 5.14. The van der Waals surface area contributed by atoms with Crippen molar-refractivity contribution in [3.63, 3.8) is 0 Å². The standard InChI is InChI=1S/C22H23ClN2O3S/c1-4-13-25-19-12-11-17(23)14-18(19)20(16-9-7-6-8-10-16)21(29(25,27)28)22(26)24-15(3)5-2/h4,6-12,14-15H,1,5,13H2,2-3H3,(H,24,26). The van der Waals surface area contributed by atoms with Crippen molar-refractivity contribution >= 4 is 38.8 Å². The Morgan fingerprint density at radius 3 is 2.55 bits per heavy atom. The van der Waals surface area contributed by atoms with Crippen LogP contribution in [0.2, 0.25) is 5.02 Å². The van der Waals surface area contributed by atoms with E-state index in [1.54, 1.807) is 42.5 Å². The maximum Gasteiger partial charge on any atom is 0.270 e. The molecule has 0 aromatic heterocycles. The molecule has 1 unspecified atom stereocenters. The molecule has 0 bridgehead atoms. The van der Waals surface area contributed by atoms with Crippen LogP contribution in [-0.2, 0) is 14.8 Å². The van der Waals surface area contributed by atoms with Crippen molar-refractivity contribution in [3.05, 3.63) is 82.2 Å². The van der Waals surface area contributed by atoms with E-state index < -0.39 is 15.9 Å². The lowest BCUT2D eigenvalue weighted by Crippen LogP contribution is -2.43. The van der Waals surface area contributed by atoms with Crippen LogP contribution < -0.4 is 9.62 Å². The first-order valence-corrected chi connectivity index (χ1v) is 11.2. The van der Waals surface area contributed by atoms with E-state index in [0.717, 1.165) is 0 Å². The van der Waals surface area contributed by atoms with Gasteiger partial charge in [-0.1, -0.05) is 54.9 Å². The second kappa shape index (κ2) is 8.43. The highest BCUT2D eigenvalue weighted by Crippen LogP contribution is 2.43. The zero-order chi connectivity index (χ0) is 21.2. The summed E-state index contributed by atoms with van der Waals surface area (Å²) < 4.78 is 28.3. The summed E-state index contributed by atoms with van der Waals surface area (Å²) in [5.74, 6) is -0.627. The van der Waals surface area contributed by atoms with Gasteiger partial charge in [0.1, 0.15) is 0 Å². The van der Waals surface area contributed by atoms with Crippen molar-refractivity contribution in [1.82, 2.24) is 5.32 Å². The van der Waals surface area contributed by atoms with Gasteiger partial charge >= 0.3 is 0 Å². The van der Waals surface area contributed by atoms with Crippen molar-refractivity contribution < 1.29 is 13.2 Å². The quantitative estimate of drug-likeness (QED) is 0.693. The number of nitrogens with one attached hydrogen (secondary N) is 1. The summed E-state index contributed by atoms with van der Waals surface area (Å²) in [7, 11) is -4.12. The number of amides is 1. The molecule has 7 heteroatoms. The first kappa shape index (κ1) is 21.1. The Bertz CT molecular complexity index is 1080. The van der Waals surface area contributed by atoms with Gasteiger partial charge in [-0.3, -0.25) is 9.10 Å². The van der Waals surface area contributed by atoms with Crippen molar-refractivity contribution in [2.75, 3.05) is 10.8 Å². The molecule has 2 aromatic carbocycles. The molecule has 3 rings (SSSR count). The zero-order valence-electron chi connectivity index (χ0n) is 16.4. The number of sulfonamides is 1. The molecule has 0 aliphatic carbocycles. The lowest BCUT2D eigenvalue weighted by molar-refractivity contribution is -0.117. The van der Waals surface area contributed by atoms with E-state index in [9.17, 15) is 13.2 Å². The molecular formula is C22H23ClN2O3S. The number of fused-ring (bicyclic) bond motifs is 1. The summed E-state index contributed by atoms with van der Waals surface area (Å²) in [5.41, 5.74) is 2.04. The third kappa shape index (κ3) is 3.95. The van der Waals surface area contributed by atoms with Crippen LogP contribution >= 0.6 is 11.6 Å². The third-order valence-corrected chi connectivity index (χ3v) is 6.89. The minimum absolute atomic E-state index is 0.0408. The lowest BCUT2D eigenvalue weighted by Gasteiger charge is -2.33.